The number of halogens is 1. The van der Waals surface area contributed by atoms with Gasteiger partial charge in [0.05, 0.1) is 11.7 Å². The Kier molecular flexibility index (Phi) is 9.11. The standard InChI is InChI=1S/C19H29N3O2.ClH/c1-14(22-12-9-16(10-13-22)8-11-20-3)19(24)21-18-7-5-4-6-17(18)15(2)23;/h4-7,14,16,20H,8-13H2,1-3H3,(H,21,24);1H. The van der Waals surface area contributed by atoms with E-state index in [2.05, 4.69) is 15.5 Å². The number of hydrogen-bond donors (Lipinski definition) is 2. The molecule has 6 heteroatoms. The van der Waals surface area contributed by atoms with Crippen LogP contribution >= 0.6 is 12.4 Å². The summed E-state index contributed by atoms with van der Waals surface area (Å²) in [4.78, 5) is 26.5. The number of hydrogen-bond acceptors (Lipinski definition) is 4. The highest BCUT2D eigenvalue weighted by atomic mass is 35.5. The molecule has 0 radical (unpaired) electrons. The van der Waals surface area contributed by atoms with Gasteiger partial charge in [0.25, 0.3) is 0 Å². The van der Waals surface area contributed by atoms with E-state index in [-0.39, 0.29) is 30.1 Å². The molecular formula is C19H30ClN3O2. The van der Waals surface area contributed by atoms with Crippen molar-refractivity contribution in [1.82, 2.24) is 10.2 Å². The summed E-state index contributed by atoms with van der Waals surface area (Å²) in [6.45, 7) is 6.43. The Balaban J connectivity index is 0.00000312. The van der Waals surface area contributed by atoms with Gasteiger partial charge in [-0.15, -0.1) is 12.4 Å². The van der Waals surface area contributed by atoms with Gasteiger partial charge in [-0.05, 0) is 77.8 Å². The van der Waals surface area contributed by atoms with Crippen molar-refractivity contribution in [3.63, 3.8) is 0 Å². The number of carbonyl (C=O) groups excluding carboxylic acids is 2. The molecule has 1 aliphatic rings. The summed E-state index contributed by atoms with van der Waals surface area (Å²) < 4.78 is 0. The highest BCUT2D eigenvalue weighted by molar-refractivity contribution is 6.04. The third-order valence-corrected chi connectivity index (χ3v) is 4.94. The Hall–Kier alpha value is -1.43. The first kappa shape index (κ1) is 21.6. The number of para-hydroxylation sites is 1. The Morgan fingerprint density at radius 1 is 1.24 bits per heavy atom. The average Bonchev–Trinajstić information content (AvgIpc) is 2.60. The van der Waals surface area contributed by atoms with Crippen LogP contribution in [0.15, 0.2) is 24.3 Å². The van der Waals surface area contributed by atoms with Crippen molar-refractivity contribution >= 4 is 29.8 Å². The van der Waals surface area contributed by atoms with E-state index in [1.807, 2.05) is 26.1 Å². The highest BCUT2D eigenvalue weighted by Crippen LogP contribution is 2.22. The molecule has 1 aromatic carbocycles. The molecule has 1 heterocycles. The zero-order chi connectivity index (χ0) is 17.5. The first-order valence-electron chi connectivity index (χ1n) is 8.82. The lowest BCUT2D eigenvalue weighted by Gasteiger charge is -2.35. The average molecular weight is 368 g/mol. The molecule has 1 aromatic rings. The molecule has 0 aromatic heterocycles. The van der Waals surface area contributed by atoms with Gasteiger partial charge in [-0.3, -0.25) is 14.5 Å². The minimum Gasteiger partial charge on any atom is -0.324 e. The SMILES string of the molecule is CNCCC1CCN(C(C)C(=O)Nc2ccccc2C(C)=O)CC1.Cl. The van der Waals surface area contributed by atoms with Crippen molar-refractivity contribution < 1.29 is 9.59 Å². The van der Waals surface area contributed by atoms with E-state index in [1.165, 1.54) is 13.3 Å². The summed E-state index contributed by atoms with van der Waals surface area (Å²) in [6, 6.07) is 6.99. The van der Waals surface area contributed by atoms with Crippen molar-refractivity contribution in [2.75, 3.05) is 32.0 Å². The van der Waals surface area contributed by atoms with Gasteiger partial charge >= 0.3 is 0 Å². The molecule has 1 aliphatic heterocycles. The zero-order valence-corrected chi connectivity index (χ0v) is 16.2. The summed E-state index contributed by atoms with van der Waals surface area (Å²) in [5.74, 6) is 0.670. The molecule has 140 valence electrons. The summed E-state index contributed by atoms with van der Waals surface area (Å²) in [5, 5.41) is 6.13. The molecule has 1 amide bonds. The number of rotatable bonds is 7. The molecule has 25 heavy (non-hydrogen) atoms. The van der Waals surface area contributed by atoms with Gasteiger partial charge in [-0.1, -0.05) is 12.1 Å². The van der Waals surface area contributed by atoms with E-state index in [1.54, 1.807) is 12.1 Å². The van der Waals surface area contributed by atoms with Crippen LogP contribution in [0.25, 0.3) is 0 Å². The lowest BCUT2D eigenvalue weighted by atomic mass is 9.93. The van der Waals surface area contributed by atoms with E-state index in [0.29, 0.717) is 11.3 Å². The van der Waals surface area contributed by atoms with Gasteiger partial charge in [-0.2, -0.15) is 0 Å². The molecule has 0 bridgehead atoms. The number of amides is 1. The Labute approximate surface area is 157 Å². The number of Topliss-reactive ketones (excluding diaryl/α,β-unsaturated/α-hetero) is 1. The Morgan fingerprint density at radius 2 is 1.88 bits per heavy atom. The number of carbonyl (C=O) groups is 2. The molecule has 0 spiro atoms. The topological polar surface area (TPSA) is 61.4 Å². The normalized spacial score (nSPS) is 16.8. The van der Waals surface area contributed by atoms with Crippen LogP contribution in [0.2, 0.25) is 0 Å². The van der Waals surface area contributed by atoms with Crippen molar-refractivity contribution in [2.45, 2.75) is 39.2 Å². The maximum Gasteiger partial charge on any atom is 0.241 e. The second kappa shape index (κ2) is 10.5. The number of ketones is 1. The molecular weight excluding hydrogens is 338 g/mol. The van der Waals surface area contributed by atoms with E-state index in [9.17, 15) is 9.59 Å². The molecule has 1 fully saturated rings. The van der Waals surface area contributed by atoms with E-state index in [4.69, 9.17) is 0 Å². The maximum absolute atomic E-state index is 12.6. The fourth-order valence-corrected chi connectivity index (χ4v) is 3.28. The van der Waals surface area contributed by atoms with Crippen LogP contribution in [0.4, 0.5) is 5.69 Å². The predicted octanol–water partition coefficient (Wildman–Crippen LogP) is 2.96. The van der Waals surface area contributed by atoms with Crippen LogP contribution in [0, 0.1) is 5.92 Å². The number of nitrogens with one attached hydrogen (secondary N) is 2. The summed E-state index contributed by atoms with van der Waals surface area (Å²) in [6.07, 6.45) is 3.49. The van der Waals surface area contributed by atoms with Crippen LogP contribution in [0.3, 0.4) is 0 Å². The summed E-state index contributed by atoms with van der Waals surface area (Å²) in [5.41, 5.74) is 1.16. The number of anilines is 1. The van der Waals surface area contributed by atoms with Crippen molar-refractivity contribution in [1.29, 1.82) is 0 Å². The monoisotopic (exact) mass is 367 g/mol. The number of benzene rings is 1. The van der Waals surface area contributed by atoms with E-state index in [0.717, 1.165) is 38.4 Å². The van der Waals surface area contributed by atoms with Gasteiger partial charge in [0.15, 0.2) is 5.78 Å². The van der Waals surface area contributed by atoms with Crippen LogP contribution in [0.5, 0.6) is 0 Å². The van der Waals surface area contributed by atoms with Gasteiger partial charge in [-0.25, -0.2) is 0 Å². The van der Waals surface area contributed by atoms with Gasteiger partial charge in [0.2, 0.25) is 5.91 Å². The number of nitrogens with zero attached hydrogens (tertiary/aromatic N) is 1. The third-order valence-electron chi connectivity index (χ3n) is 4.94. The summed E-state index contributed by atoms with van der Waals surface area (Å²) >= 11 is 0. The quantitative estimate of drug-likeness (QED) is 0.727. The lowest BCUT2D eigenvalue weighted by Crippen LogP contribution is -2.46. The second-order valence-electron chi connectivity index (χ2n) is 6.64. The smallest absolute Gasteiger partial charge is 0.241 e. The predicted molar refractivity (Wildman–Crippen MR) is 105 cm³/mol. The molecule has 1 atom stereocenters. The van der Waals surface area contributed by atoms with Crippen LogP contribution in [-0.4, -0.2) is 49.3 Å². The van der Waals surface area contributed by atoms with Crippen molar-refractivity contribution in [2.24, 2.45) is 5.92 Å². The van der Waals surface area contributed by atoms with E-state index < -0.39 is 0 Å². The molecule has 5 nitrogen and oxygen atoms in total. The molecule has 2 N–H and O–H groups in total. The largest absolute Gasteiger partial charge is 0.324 e. The molecule has 2 rings (SSSR count). The highest BCUT2D eigenvalue weighted by Gasteiger charge is 2.26. The van der Waals surface area contributed by atoms with E-state index >= 15 is 0 Å². The fraction of sp³-hybridized carbons (Fsp3) is 0.579. The molecule has 0 saturated carbocycles. The first-order chi connectivity index (χ1) is 11.5. The van der Waals surface area contributed by atoms with Gasteiger partial charge < -0.3 is 10.6 Å². The Bertz CT molecular complexity index is 572. The molecule has 0 aliphatic carbocycles. The Morgan fingerprint density at radius 3 is 2.48 bits per heavy atom. The van der Waals surface area contributed by atoms with Crippen LogP contribution < -0.4 is 10.6 Å². The van der Waals surface area contributed by atoms with Gasteiger partial charge in [0, 0.05) is 5.56 Å². The van der Waals surface area contributed by atoms with Crippen LogP contribution in [0.1, 0.15) is 43.5 Å². The number of likely N-dealkylation sites (tertiary alicyclic amines) is 1. The minimum atomic E-state index is -0.185. The van der Waals surface area contributed by atoms with Crippen molar-refractivity contribution in [3.05, 3.63) is 29.8 Å². The van der Waals surface area contributed by atoms with Crippen LogP contribution in [-0.2, 0) is 4.79 Å². The molecule has 1 unspecified atom stereocenters. The maximum atomic E-state index is 12.6. The van der Waals surface area contributed by atoms with Gasteiger partial charge in [0.1, 0.15) is 0 Å². The summed E-state index contributed by atoms with van der Waals surface area (Å²) in [7, 11) is 1.99. The first-order valence-corrected chi connectivity index (χ1v) is 8.82. The third kappa shape index (κ3) is 6.10. The second-order valence-corrected chi connectivity index (χ2v) is 6.64. The zero-order valence-electron chi connectivity index (χ0n) is 15.4. The lowest BCUT2D eigenvalue weighted by molar-refractivity contribution is -0.121. The minimum absolute atomic E-state index is 0. The van der Waals surface area contributed by atoms with Crippen molar-refractivity contribution in [3.8, 4) is 0 Å². The number of piperidine rings is 1. The fourth-order valence-electron chi connectivity index (χ4n) is 3.28. The molecule has 1 saturated heterocycles.